The first-order chi connectivity index (χ1) is 7.20. The molecule has 1 aromatic carbocycles. The fraction of sp³-hybridized carbons (Fsp3) is 0.364. The zero-order chi connectivity index (χ0) is 10.8. The first-order valence-corrected chi connectivity index (χ1v) is 4.94. The Kier molecular flexibility index (Phi) is 2.58. The number of rotatable bonds is 2. The zero-order valence-corrected chi connectivity index (χ0v) is 8.19. The number of carboxylic acids is 1. The number of anilines is 1. The molecule has 1 unspecified atom stereocenters. The molecule has 1 heterocycles. The minimum absolute atomic E-state index is 0.356. The van der Waals surface area contributed by atoms with Gasteiger partial charge in [-0.05, 0) is 25.0 Å². The third-order valence-corrected chi connectivity index (χ3v) is 2.70. The molecule has 1 fully saturated rings. The Hall–Kier alpha value is -1.58. The third kappa shape index (κ3) is 1.79. The van der Waals surface area contributed by atoms with Gasteiger partial charge in [0.1, 0.15) is 11.9 Å². The number of carboxylic acid groups (broad SMARTS) is 1. The van der Waals surface area contributed by atoms with Gasteiger partial charge < -0.3 is 10.0 Å². The van der Waals surface area contributed by atoms with Crippen LogP contribution >= 0.6 is 0 Å². The van der Waals surface area contributed by atoms with E-state index in [-0.39, 0.29) is 5.82 Å². The summed E-state index contributed by atoms with van der Waals surface area (Å²) in [5.74, 6) is -1.23. The van der Waals surface area contributed by atoms with Crippen LogP contribution < -0.4 is 4.90 Å². The van der Waals surface area contributed by atoms with Gasteiger partial charge in [-0.15, -0.1) is 0 Å². The Morgan fingerprint density at radius 2 is 2.20 bits per heavy atom. The van der Waals surface area contributed by atoms with Crippen molar-refractivity contribution in [2.75, 3.05) is 11.4 Å². The third-order valence-electron chi connectivity index (χ3n) is 2.70. The molecule has 80 valence electrons. The summed E-state index contributed by atoms with van der Waals surface area (Å²) < 4.78 is 13.4. The van der Waals surface area contributed by atoms with E-state index in [1.807, 2.05) is 0 Å². The SMILES string of the molecule is O=C(O)C1CCCN1c1ccccc1F. The Morgan fingerprint density at radius 1 is 1.47 bits per heavy atom. The normalized spacial score (nSPS) is 20.6. The lowest BCUT2D eigenvalue weighted by molar-refractivity contribution is -0.138. The summed E-state index contributed by atoms with van der Waals surface area (Å²) >= 11 is 0. The van der Waals surface area contributed by atoms with Crippen LogP contribution in [0.3, 0.4) is 0 Å². The summed E-state index contributed by atoms with van der Waals surface area (Å²) in [5.41, 5.74) is 0.391. The van der Waals surface area contributed by atoms with Crippen molar-refractivity contribution in [1.82, 2.24) is 0 Å². The molecule has 0 aromatic heterocycles. The molecule has 1 aromatic rings. The Bertz CT molecular complexity index is 381. The van der Waals surface area contributed by atoms with E-state index in [0.29, 0.717) is 18.7 Å². The van der Waals surface area contributed by atoms with Crippen molar-refractivity contribution in [3.63, 3.8) is 0 Å². The topological polar surface area (TPSA) is 40.5 Å². The van der Waals surface area contributed by atoms with E-state index in [9.17, 15) is 9.18 Å². The number of aliphatic carboxylic acids is 1. The first kappa shape index (κ1) is 9.96. The van der Waals surface area contributed by atoms with E-state index in [2.05, 4.69) is 0 Å². The molecule has 4 heteroatoms. The first-order valence-electron chi connectivity index (χ1n) is 4.94. The zero-order valence-electron chi connectivity index (χ0n) is 8.19. The monoisotopic (exact) mass is 209 g/mol. The summed E-state index contributed by atoms with van der Waals surface area (Å²) in [5, 5.41) is 8.97. The second kappa shape index (κ2) is 3.88. The average Bonchev–Trinajstić information content (AvgIpc) is 2.67. The Morgan fingerprint density at radius 3 is 2.87 bits per heavy atom. The van der Waals surface area contributed by atoms with Crippen LogP contribution in [0.1, 0.15) is 12.8 Å². The van der Waals surface area contributed by atoms with Crippen LogP contribution in [-0.2, 0) is 4.79 Å². The summed E-state index contributed by atoms with van der Waals surface area (Å²) in [6.45, 7) is 0.609. The molecule has 0 radical (unpaired) electrons. The molecule has 1 N–H and O–H groups in total. The molecular weight excluding hydrogens is 197 g/mol. The highest BCUT2D eigenvalue weighted by atomic mass is 19.1. The lowest BCUT2D eigenvalue weighted by Crippen LogP contribution is -2.36. The summed E-state index contributed by atoms with van der Waals surface area (Å²) in [6.07, 6.45) is 1.38. The van der Waals surface area contributed by atoms with Crippen molar-refractivity contribution >= 4 is 11.7 Å². The fourth-order valence-corrected chi connectivity index (χ4v) is 2.00. The summed E-state index contributed by atoms with van der Waals surface area (Å²) in [4.78, 5) is 12.6. The highest BCUT2D eigenvalue weighted by Crippen LogP contribution is 2.27. The van der Waals surface area contributed by atoms with E-state index >= 15 is 0 Å². The van der Waals surface area contributed by atoms with Crippen LogP contribution in [0.4, 0.5) is 10.1 Å². The molecule has 1 atom stereocenters. The molecule has 0 amide bonds. The van der Waals surface area contributed by atoms with Gasteiger partial charge >= 0.3 is 5.97 Å². The van der Waals surface area contributed by atoms with Crippen LogP contribution in [0.2, 0.25) is 0 Å². The van der Waals surface area contributed by atoms with Gasteiger partial charge in [0, 0.05) is 6.54 Å². The fourth-order valence-electron chi connectivity index (χ4n) is 2.00. The van der Waals surface area contributed by atoms with Crippen molar-refractivity contribution in [3.8, 4) is 0 Å². The number of hydrogen-bond donors (Lipinski definition) is 1. The van der Waals surface area contributed by atoms with Crippen LogP contribution in [0.5, 0.6) is 0 Å². The number of carbonyl (C=O) groups is 1. The smallest absolute Gasteiger partial charge is 0.326 e. The molecule has 0 bridgehead atoms. The van der Waals surface area contributed by atoms with E-state index in [4.69, 9.17) is 5.11 Å². The number of hydrogen-bond acceptors (Lipinski definition) is 2. The van der Waals surface area contributed by atoms with Crippen LogP contribution in [0.25, 0.3) is 0 Å². The molecule has 15 heavy (non-hydrogen) atoms. The number of halogens is 1. The highest BCUT2D eigenvalue weighted by Gasteiger charge is 2.31. The molecule has 1 aliphatic rings. The number of nitrogens with zero attached hydrogens (tertiary/aromatic N) is 1. The summed E-state index contributed by atoms with van der Waals surface area (Å²) in [6, 6.07) is 5.71. The molecule has 0 aliphatic carbocycles. The van der Waals surface area contributed by atoms with Crippen LogP contribution in [0.15, 0.2) is 24.3 Å². The molecule has 3 nitrogen and oxygen atoms in total. The van der Waals surface area contributed by atoms with Gasteiger partial charge in [0.05, 0.1) is 5.69 Å². The van der Waals surface area contributed by atoms with Gasteiger partial charge in [0.25, 0.3) is 0 Å². The largest absolute Gasteiger partial charge is 0.480 e. The average molecular weight is 209 g/mol. The summed E-state index contributed by atoms with van der Waals surface area (Å²) in [7, 11) is 0. The molecular formula is C11H12FNO2. The standard InChI is InChI=1S/C11H12FNO2/c12-8-4-1-2-5-9(8)13-7-3-6-10(13)11(14)15/h1-2,4-5,10H,3,6-7H2,(H,14,15). The molecule has 1 aliphatic heterocycles. The van der Waals surface area contributed by atoms with E-state index in [1.165, 1.54) is 6.07 Å². The second-order valence-electron chi connectivity index (χ2n) is 3.64. The predicted octanol–water partition coefficient (Wildman–Crippen LogP) is 1.88. The molecule has 0 saturated carbocycles. The van der Waals surface area contributed by atoms with Gasteiger partial charge in [-0.25, -0.2) is 9.18 Å². The second-order valence-corrected chi connectivity index (χ2v) is 3.64. The molecule has 0 spiro atoms. The van der Waals surface area contributed by atoms with E-state index in [0.717, 1.165) is 6.42 Å². The lowest BCUT2D eigenvalue weighted by atomic mass is 10.2. The van der Waals surface area contributed by atoms with E-state index < -0.39 is 12.0 Å². The van der Waals surface area contributed by atoms with Crippen molar-refractivity contribution in [3.05, 3.63) is 30.1 Å². The van der Waals surface area contributed by atoms with Crippen LogP contribution in [-0.4, -0.2) is 23.7 Å². The highest BCUT2D eigenvalue weighted by molar-refractivity contribution is 5.79. The van der Waals surface area contributed by atoms with Gasteiger partial charge in [0.15, 0.2) is 0 Å². The Balaban J connectivity index is 2.30. The minimum Gasteiger partial charge on any atom is -0.480 e. The van der Waals surface area contributed by atoms with Gasteiger partial charge in [0.2, 0.25) is 0 Å². The maximum absolute atomic E-state index is 13.4. The van der Waals surface area contributed by atoms with Gasteiger partial charge in [-0.1, -0.05) is 12.1 Å². The van der Waals surface area contributed by atoms with Gasteiger partial charge in [-0.2, -0.15) is 0 Å². The molecule has 1 saturated heterocycles. The van der Waals surface area contributed by atoms with Crippen molar-refractivity contribution in [2.24, 2.45) is 0 Å². The van der Waals surface area contributed by atoms with Crippen molar-refractivity contribution in [1.29, 1.82) is 0 Å². The quantitative estimate of drug-likeness (QED) is 0.808. The van der Waals surface area contributed by atoms with Gasteiger partial charge in [-0.3, -0.25) is 0 Å². The lowest BCUT2D eigenvalue weighted by Gasteiger charge is -2.23. The minimum atomic E-state index is -0.879. The Labute approximate surface area is 87.1 Å². The van der Waals surface area contributed by atoms with Crippen molar-refractivity contribution in [2.45, 2.75) is 18.9 Å². The maximum atomic E-state index is 13.4. The molecule has 2 rings (SSSR count). The maximum Gasteiger partial charge on any atom is 0.326 e. The number of para-hydroxylation sites is 1. The number of benzene rings is 1. The van der Waals surface area contributed by atoms with Crippen LogP contribution in [0, 0.1) is 5.82 Å². The van der Waals surface area contributed by atoms with Crippen molar-refractivity contribution < 1.29 is 14.3 Å². The van der Waals surface area contributed by atoms with E-state index in [1.54, 1.807) is 23.1 Å². The predicted molar refractivity (Wildman–Crippen MR) is 54.4 cm³/mol.